The Balaban J connectivity index is 1.49. The van der Waals surface area contributed by atoms with E-state index in [1.807, 2.05) is 12.1 Å². The molecule has 1 heterocycles. The molecule has 7 nitrogen and oxygen atoms in total. The summed E-state index contributed by atoms with van der Waals surface area (Å²) >= 11 is 12.2. The van der Waals surface area contributed by atoms with Gasteiger partial charge in [0.2, 0.25) is 15.9 Å². The number of hydrogen-bond donors (Lipinski definition) is 1. The molecule has 0 radical (unpaired) electrons. The van der Waals surface area contributed by atoms with Crippen LogP contribution in [0.15, 0.2) is 42.5 Å². The number of morpholine rings is 1. The van der Waals surface area contributed by atoms with Crippen molar-refractivity contribution in [2.45, 2.75) is 25.9 Å². The van der Waals surface area contributed by atoms with Gasteiger partial charge in [-0.1, -0.05) is 47.5 Å². The van der Waals surface area contributed by atoms with Crippen LogP contribution in [0.5, 0.6) is 0 Å². The Labute approximate surface area is 205 Å². The van der Waals surface area contributed by atoms with Crippen molar-refractivity contribution in [2.24, 2.45) is 0 Å². The van der Waals surface area contributed by atoms with E-state index in [0.717, 1.165) is 44.7 Å². The highest BCUT2D eigenvalue weighted by Crippen LogP contribution is 2.30. The molecule has 1 aliphatic rings. The molecule has 0 aromatic heterocycles. The van der Waals surface area contributed by atoms with E-state index in [-0.39, 0.29) is 23.9 Å². The van der Waals surface area contributed by atoms with Crippen molar-refractivity contribution in [3.8, 4) is 0 Å². The van der Waals surface area contributed by atoms with E-state index in [9.17, 15) is 13.2 Å². The van der Waals surface area contributed by atoms with Gasteiger partial charge in [-0.25, -0.2) is 8.42 Å². The summed E-state index contributed by atoms with van der Waals surface area (Å²) in [6.45, 7) is 4.77. The quantitative estimate of drug-likeness (QED) is 0.524. The molecule has 0 saturated carbocycles. The molecule has 1 aliphatic heterocycles. The van der Waals surface area contributed by atoms with Gasteiger partial charge in [0.15, 0.2) is 0 Å². The molecule has 180 valence electrons. The first kappa shape index (κ1) is 25.8. The number of carbonyl (C=O) groups excluding carboxylic acids is 1. The second-order valence-electron chi connectivity index (χ2n) is 8.02. The van der Waals surface area contributed by atoms with Gasteiger partial charge in [0.05, 0.1) is 30.2 Å². The van der Waals surface area contributed by atoms with Crippen LogP contribution >= 0.6 is 23.2 Å². The number of benzene rings is 2. The van der Waals surface area contributed by atoms with Crippen LogP contribution in [0.3, 0.4) is 0 Å². The van der Waals surface area contributed by atoms with Crippen LogP contribution in [0.2, 0.25) is 10.0 Å². The third-order valence-corrected chi connectivity index (χ3v) is 7.07. The number of hydrogen-bond acceptors (Lipinski definition) is 5. The van der Waals surface area contributed by atoms with Crippen LogP contribution in [-0.4, -0.2) is 58.3 Å². The number of rotatable bonds is 10. The lowest BCUT2D eigenvalue weighted by atomic mass is 10.1. The lowest BCUT2D eigenvalue weighted by molar-refractivity contribution is -0.121. The van der Waals surface area contributed by atoms with E-state index >= 15 is 0 Å². The van der Waals surface area contributed by atoms with Gasteiger partial charge in [-0.15, -0.1) is 0 Å². The van der Waals surface area contributed by atoms with Gasteiger partial charge >= 0.3 is 0 Å². The second-order valence-corrected chi connectivity index (χ2v) is 10.8. The van der Waals surface area contributed by atoms with Gasteiger partial charge in [0.25, 0.3) is 0 Å². The third kappa shape index (κ3) is 8.15. The van der Waals surface area contributed by atoms with Crippen LogP contribution in [0.25, 0.3) is 0 Å². The van der Waals surface area contributed by atoms with Gasteiger partial charge in [-0.3, -0.25) is 14.0 Å². The minimum absolute atomic E-state index is 0.126. The molecule has 2 aromatic rings. The van der Waals surface area contributed by atoms with Gasteiger partial charge in [-0.2, -0.15) is 0 Å². The van der Waals surface area contributed by atoms with Crippen molar-refractivity contribution in [1.82, 2.24) is 10.2 Å². The largest absolute Gasteiger partial charge is 0.379 e. The van der Waals surface area contributed by atoms with Crippen molar-refractivity contribution < 1.29 is 17.9 Å². The van der Waals surface area contributed by atoms with Gasteiger partial charge in [-0.05, 0) is 35.7 Å². The highest BCUT2D eigenvalue weighted by molar-refractivity contribution is 7.92. The summed E-state index contributed by atoms with van der Waals surface area (Å²) in [6, 6.07) is 12.8. The fraction of sp³-hybridized carbons (Fsp3) is 0.435. The van der Waals surface area contributed by atoms with Crippen LogP contribution in [-0.2, 0) is 32.6 Å². The van der Waals surface area contributed by atoms with E-state index in [0.29, 0.717) is 23.7 Å². The lowest BCUT2D eigenvalue weighted by Crippen LogP contribution is -2.35. The molecule has 10 heteroatoms. The van der Waals surface area contributed by atoms with E-state index in [2.05, 4.69) is 22.3 Å². The molecule has 0 atom stereocenters. The molecule has 1 saturated heterocycles. The molecular weight excluding hydrogens is 485 g/mol. The molecule has 1 fully saturated rings. The summed E-state index contributed by atoms with van der Waals surface area (Å²) < 4.78 is 31.1. The Bertz CT molecular complexity index is 1060. The van der Waals surface area contributed by atoms with Crippen molar-refractivity contribution in [3.63, 3.8) is 0 Å². The van der Waals surface area contributed by atoms with Crippen molar-refractivity contribution in [1.29, 1.82) is 0 Å². The highest BCUT2D eigenvalue weighted by Gasteiger charge is 2.20. The number of amides is 1. The number of ether oxygens (including phenoxy) is 1. The average Bonchev–Trinajstić information content (AvgIpc) is 2.77. The predicted molar refractivity (Wildman–Crippen MR) is 132 cm³/mol. The fourth-order valence-electron chi connectivity index (χ4n) is 3.67. The van der Waals surface area contributed by atoms with Crippen LogP contribution in [0, 0.1) is 0 Å². The summed E-state index contributed by atoms with van der Waals surface area (Å²) in [5.74, 6) is -0.140. The molecular formula is C23H29Cl2N3O4S. The van der Waals surface area contributed by atoms with Crippen LogP contribution in [0.1, 0.15) is 24.0 Å². The van der Waals surface area contributed by atoms with Gasteiger partial charge in [0, 0.05) is 44.2 Å². The Hall–Kier alpha value is -1.84. The standard InChI is InChI=1S/C23H29Cl2N3O4S/c1-33(30,31)28(22-15-20(24)7-8-21(22)25)9-3-6-23(29)26-16-18-4-2-5-19(14-18)17-27-10-12-32-13-11-27/h2,4-5,7-8,14-15H,3,6,9-13,16-17H2,1H3,(H,26,29). The second kappa shape index (κ2) is 12.0. The van der Waals surface area contributed by atoms with Crippen molar-refractivity contribution in [2.75, 3.05) is 43.4 Å². The number of sulfonamides is 1. The van der Waals surface area contributed by atoms with E-state index < -0.39 is 10.0 Å². The third-order valence-electron chi connectivity index (χ3n) is 5.33. The summed E-state index contributed by atoms with van der Waals surface area (Å²) in [6.07, 6.45) is 1.64. The molecule has 2 aromatic carbocycles. The van der Waals surface area contributed by atoms with E-state index in [1.165, 1.54) is 15.9 Å². The monoisotopic (exact) mass is 513 g/mol. The normalized spacial score (nSPS) is 14.8. The van der Waals surface area contributed by atoms with Crippen LogP contribution < -0.4 is 9.62 Å². The number of anilines is 1. The fourth-order valence-corrected chi connectivity index (χ4v) is 5.07. The molecule has 33 heavy (non-hydrogen) atoms. The molecule has 1 amide bonds. The zero-order valence-electron chi connectivity index (χ0n) is 18.6. The first-order chi connectivity index (χ1) is 15.7. The van der Waals surface area contributed by atoms with Crippen molar-refractivity contribution in [3.05, 3.63) is 63.6 Å². The SMILES string of the molecule is CS(=O)(=O)N(CCCC(=O)NCc1cccc(CN2CCOCC2)c1)c1cc(Cl)ccc1Cl. The first-order valence-corrected chi connectivity index (χ1v) is 13.4. The Morgan fingerprint density at radius 3 is 2.58 bits per heavy atom. The Morgan fingerprint density at radius 1 is 1.12 bits per heavy atom. The maximum Gasteiger partial charge on any atom is 0.232 e. The topological polar surface area (TPSA) is 79.0 Å². The van der Waals surface area contributed by atoms with Crippen molar-refractivity contribution >= 4 is 44.8 Å². The maximum atomic E-state index is 12.4. The van der Waals surface area contributed by atoms with E-state index in [1.54, 1.807) is 12.1 Å². The summed E-state index contributed by atoms with van der Waals surface area (Å²) in [5, 5.41) is 3.58. The van der Waals surface area contributed by atoms with E-state index in [4.69, 9.17) is 27.9 Å². The number of carbonyl (C=O) groups is 1. The number of halogens is 2. The molecule has 0 spiro atoms. The highest BCUT2D eigenvalue weighted by atomic mass is 35.5. The summed E-state index contributed by atoms with van der Waals surface area (Å²) in [7, 11) is -3.58. The average molecular weight is 514 g/mol. The minimum atomic E-state index is -3.58. The predicted octanol–water partition coefficient (Wildman–Crippen LogP) is 3.69. The number of nitrogens with one attached hydrogen (secondary N) is 1. The zero-order valence-corrected chi connectivity index (χ0v) is 20.9. The molecule has 3 rings (SSSR count). The minimum Gasteiger partial charge on any atom is -0.379 e. The summed E-state index contributed by atoms with van der Waals surface area (Å²) in [5.41, 5.74) is 2.53. The lowest BCUT2D eigenvalue weighted by Gasteiger charge is -2.26. The number of nitrogens with zero attached hydrogens (tertiary/aromatic N) is 2. The Kier molecular flexibility index (Phi) is 9.40. The van der Waals surface area contributed by atoms with Crippen LogP contribution in [0.4, 0.5) is 5.69 Å². The molecule has 0 bridgehead atoms. The van der Waals surface area contributed by atoms with Gasteiger partial charge < -0.3 is 10.1 Å². The Morgan fingerprint density at radius 2 is 1.85 bits per heavy atom. The molecule has 1 N–H and O–H groups in total. The smallest absolute Gasteiger partial charge is 0.232 e. The van der Waals surface area contributed by atoms with Gasteiger partial charge in [0.1, 0.15) is 0 Å². The zero-order chi connectivity index (χ0) is 23.8. The molecule has 0 unspecified atom stereocenters. The maximum absolute atomic E-state index is 12.4. The first-order valence-electron chi connectivity index (χ1n) is 10.8. The molecule has 0 aliphatic carbocycles. The summed E-state index contributed by atoms with van der Waals surface area (Å²) in [4.78, 5) is 14.7.